The van der Waals surface area contributed by atoms with Crippen LogP contribution in [-0.4, -0.2) is 25.3 Å². The molecule has 4 nitrogen and oxygen atoms in total. The van der Waals surface area contributed by atoms with E-state index in [9.17, 15) is 0 Å². The summed E-state index contributed by atoms with van der Waals surface area (Å²) in [5, 5.41) is 20.6. The van der Waals surface area contributed by atoms with Crippen molar-refractivity contribution in [2.45, 2.75) is 31.9 Å². The normalized spacial score (nSPS) is 28.8. The molecule has 0 aliphatic carbocycles. The van der Waals surface area contributed by atoms with E-state index in [0.717, 1.165) is 12.8 Å². The van der Waals surface area contributed by atoms with E-state index in [1.807, 2.05) is 6.92 Å². The maximum absolute atomic E-state index is 8.80. The molecule has 1 fully saturated rings. The van der Waals surface area contributed by atoms with Crippen LogP contribution >= 0.6 is 0 Å². The van der Waals surface area contributed by atoms with Crippen LogP contribution in [0, 0.1) is 28.6 Å². The summed E-state index contributed by atoms with van der Waals surface area (Å²) >= 11 is 0. The maximum atomic E-state index is 8.80. The third kappa shape index (κ3) is 2.99. The van der Waals surface area contributed by atoms with Crippen LogP contribution in [0.1, 0.15) is 19.8 Å². The van der Waals surface area contributed by atoms with E-state index in [1.54, 1.807) is 0 Å². The zero-order valence-electron chi connectivity index (χ0n) is 8.36. The number of nitrogens with one attached hydrogen (secondary N) is 1. The summed E-state index contributed by atoms with van der Waals surface area (Å²) in [6.45, 7) is 3.16. The Hall–Kier alpha value is -1.10. The number of hydrogen-bond donors (Lipinski definition) is 1. The van der Waals surface area contributed by atoms with Crippen molar-refractivity contribution >= 4 is 0 Å². The number of ether oxygens (including phenoxy) is 1. The summed E-state index contributed by atoms with van der Waals surface area (Å²) in [5.41, 5.74) is 0. The second-order valence-electron chi connectivity index (χ2n) is 3.61. The predicted octanol–water partition coefficient (Wildman–Crippen LogP) is 0.807. The SMILES string of the molecule is CC(C#N)CNC1CCCOC1C#N. The molecule has 14 heavy (non-hydrogen) atoms. The highest BCUT2D eigenvalue weighted by molar-refractivity contribution is 4.96. The first-order chi connectivity index (χ1) is 6.77. The Labute approximate surface area is 84.5 Å². The summed E-state index contributed by atoms with van der Waals surface area (Å²) in [6, 6.07) is 4.37. The van der Waals surface area contributed by atoms with Crippen molar-refractivity contribution in [2.75, 3.05) is 13.2 Å². The minimum absolute atomic E-state index is 0.0173. The van der Waals surface area contributed by atoms with Crippen molar-refractivity contribution in [3.8, 4) is 12.1 Å². The zero-order chi connectivity index (χ0) is 10.4. The largest absolute Gasteiger partial charge is 0.362 e. The fourth-order valence-electron chi connectivity index (χ4n) is 1.49. The third-order valence-electron chi connectivity index (χ3n) is 2.36. The molecule has 1 saturated heterocycles. The molecule has 0 amide bonds. The van der Waals surface area contributed by atoms with Crippen LogP contribution in [0.4, 0.5) is 0 Å². The lowest BCUT2D eigenvalue weighted by Gasteiger charge is -2.28. The van der Waals surface area contributed by atoms with Gasteiger partial charge in [-0.1, -0.05) is 0 Å². The molecule has 1 aliphatic heterocycles. The smallest absolute Gasteiger partial charge is 0.159 e. The Morgan fingerprint density at radius 2 is 2.36 bits per heavy atom. The van der Waals surface area contributed by atoms with Crippen LogP contribution in [0.15, 0.2) is 0 Å². The highest BCUT2D eigenvalue weighted by atomic mass is 16.5. The Kier molecular flexibility index (Phi) is 4.39. The molecule has 1 heterocycles. The van der Waals surface area contributed by atoms with Crippen molar-refractivity contribution in [3.05, 3.63) is 0 Å². The fourth-order valence-corrected chi connectivity index (χ4v) is 1.49. The lowest BCUT2D eigenvalue weighted by Crippen LogP contribution is -2.45. The molecular formula is C10H15N3O. The molecule has 1 N–H and O–H groups in total. The highest BCUT2D eigenvalue weighted by Gasteiger charge is 2.25. The zero-order valence-corrected chi connectivity index (χ0v) is 8.36. The molecule has 0 aromatic rings. The summed E-state index contributed by atoms with van der Waals surface area (Å²) in [5.74, 6) is -0.0173. The molecule has 1 aliphatic rings. The van der Waals surface area contributed by atoms with E-state index in [4.69, 9.17) is 15.3 Å². The van der Waals surface area contributed by atoms with Crippen molar-refractivity contribution in [2.24, 2.45) is 5.92 Å². The van der Waals surface area contributed by atoms with Crippen LogP contribution < -0.4 is 5.32 Å². The van der Waals surface area contributed by atoms with E-state index in [-0.39, 0.29) is 18.1 Å². The van der Waals surface area contributed by atoms with Crippen molar-refractivity contribution in [1.82, 2.24) is 5.32 Å². The fraction of sp³-hybridized carbons (Fsp3) is 0.800. The molecule has 76 valence electrons. The first-order valence-electron chi connectivity index (χ1n) is 4.92. The van der Waals surface area contributed by atoms with Gasteiger partial charge in [-0.05, 0) is 19.8 Å². The van der Waals surface area contributed by atoms with Crippen molar-refractivity contribution < 1.29 is 4.74 Å². The van der Waals surface area contributed by atoms with E-state index >= 15 is 0 Å². The molecule has 3 unspecified atom stereocenters. The third-order valence-corrected chi connectivity index (χ3v) is 2.36. The first-order valence-corrected chi connectivity index (χ1v) is 4.92. The van der Waals surface area contributed by atoms with Gasteiger partial charge in [0, 0.05) is 19.2 Å². The van der Waals surface area contributed by atoms with Gasteiger partial charge in [-0.15, -0.1) is 0 Å². The molecule has 0 aromatic carbocycles. The van der Waals surface area contributed by atoms with E-state index in [1.165, 1.54) is 0 Å². The molecular weight excluding hydrogens is 178 g/mol. The number of nitrogens with zero attached hydrogens (tertiary/aromatic N) is 2. The molecule has 0 aromatic heterocycles. The van der Waals surface area contributed by atoms with Gasteiger partial charge in [0.05, 0.1) is 18.1 Å². The lowest BCUT2D eigenvalue weighted by molar-refractivity contribution is 0.0248. The minimum Gasteiger partial charge on any atom is -0.362 e. The molecule has 1 rings (SSSR count). The highest BCUT2D eigenvalue weighted by Crippen LogP contribution is 2.13. The Bertz CT molecular complexity index is 253. The average molecular weight is 193 g/mol. The number of rotatable bonds is 3. The number of nitriles is 2. The minimum atomic E-state index is -0.352. The molecule has 0 spiro atoms. The molecule has 0 saturated carbocycles. The van der Waals surface area contributed by atoms with Crippen LogP contribution in [0.25, 0.3) is 0 Å². The standard InChI is InChI=1S/C10H15N3O/c1-8(5-11)7-13-9-3-2-4-14-10(9)6-12/h8-10,13H,2-4,7H2,1H3. The summed E-state index contributed by atoms with van der Waals surface area (Å²) in [6.07, 6.45) is 1.59. The van der Waals surface area contributed by atoms with E-state index in [2.05, 4.69) is 17.5 Å². The van der Waals surface area contributed by atoms with Gasteiger partial charge in [0.2, 0.25) is 0 Å². The molecule has 4 heteroatoms. The Morgan fingerprint density at radius 3 is 3.00 bits per heavy atom. The van der Waals surface area contributed by atoms with Gasteiger partial charge < -0.3 is 10.1 Å². The van der Waals surface area contributed by atoms with E-state index < -0.39 is 0 Å². The first kappa shape index (κ1) is 11.0. The number of hydrogen-bond acceptors (Lipinski definition) is 4. The summed E-state index contributed by atoms with van der Waals surface area (Å²) in [7, 11) is 0. The quantitative estimate of drug-likeness (QED) is 0.720. The summed E-state index contributed by atoms with van der Waals surface area (Å²) < 4.78 is 5.30. The monoisotopic (exact) mass is 193 g/mol. The topological polar surface area (TPSA) is 68.8 Å². The maximum Gasteiger partial charge on any atom is 0.159 e. The second kappa shape index (κ2) is 5.59. The molecule has 0 bridgehead atoms. The second-order valence-corrected chi connectivity index (χ2v) is 3.61. The van der Waals surface area contributed by atoms with Gasteiger partial charge >= 0.3 is 0 Å². The van der Waals surface area contributed by atoms with Gasteiger partial charge in [-0.25, -0.2) is 0 Å². The lowest BCUT2D eigenvalue weighted by atomic mass is 10.0. The van der Waals surface area contributed by atoms with Crippen LogP contribution in [-0.2, 0) is 4.74 Å². The van der Waals surface area contributed by atoms with E-state index in [0.29, 0.717) is 13.2 Å². The predicted molar refractivity (Wildman–Crippen MR) is 51.2 cm³/mol. The van der Waals surface area contributed by atoms with Crippen molar-refractivity contribution in [1.29, 1.82) is 10.5 Å². The van der Waals surface area contributed by atoms with Gasteiger partial charge in [0.1, 0.15) is 0 Å². The van der Waals surface area contributed by atoms with Gasteiger partial charge in [-0.2, -0.15) is 10.5 Å². The molecule has 3 atom stereocenters. The average Bonchev–Trinajstić information content (AvgIpc) is 2.26. The van der Waals surface area contributed by atoms with Gasteiger partial charge in [0.15, 0.2) is 6.10 Å². The van der Waals surface area contributed by atoms with Gasteiger partial charge in [0.25, 0.3) is 0 Å². The molecule has 0 radical (unpaired) electrons. The van der Waals surface area contributed by atoms with Crippen LogP contribution in [0.3, 0.4) is 0 Å². The Morgan fingerprint density at radius 1 is 1.57 bits per heavy atom. The Balaban J connectivity index is 2.35. The van der Waals surface area contributed by atoms with Crippen molar-refractivity contribution in [3.63, 3.8) is 0 Å². The van der Waals surface area contributed by atoms with Gasteiger partial charge in [-0.3, -0.25) is 0 Å². The van der Waals surface area contributed by atoms with Crippen LogP contribution in [0.2, 0.25) is 0 Å². The summed E-state index contributed by atoms with van der Waals surface area (Å²) in [4.78, 5) is 0. The van der Waals surface area contributed by atoms with Crippen LogP contribution in [0.5, 0.6) is 0 Å².